The standard InChI is InChI=1S/C6H11N3O/c1-4-8-6(7)9(3)5(2)10/h4,7H,1-3H3/b7-6?,8-4-. The van der Waals surface area contributed by atoms with E-state index >= 15 is 0 Å². The molecule has 0 aliphatic carbocycles. The fourth-order valence-corrected chi connectivity index (χ4v) is 0.358. The third-order valence-corrected chi connectivity index (χ3v) is 1.04. The van der Waals surface area contributed by atoms with Gasteiger partial charge in [-0.25, -0.2) is 4.99 Å². The molecule has 0 aromatic carbocycles. The van der Waals surface area contributed by atoms with Gasteiger partial charge in [-0.2, -0.15) is 0 Å². The number of aliphatic imine (C=N–C) groups is 1. The number of hydrogen-bond acceptors (Lipinski definition) is 2. The van der Waals surface area contributed by atoms with Crippen molar-refractivity contribution in [3.63, 3.8) is 0 Å². The minimum absolute atomic E-state index is 0.0324. The molecule has 0 atom stereocenters. The highest BCUT2D eigenvalue weighted by molar-refractivity contribution is 5.97. The van der Waals surface area contributed by atoms with Gasteiger partial charge in [0.25, 0.3) is 0 Å². The molecule has 0 heterocycles. The van der Waals surface area contributed by atoms with Crippen LogP contribution in [-0.2, 0) is 4.79 Å². The van der Waals surface area contributed by atoms with Crippen molar-refractivity contribution >= 4 is 18.1 Å². The number of amides is 1. The lowest BCUT2D eigenvalue weighted by Gasteiger charge is -2.10. The predicted molar refractivity (Wildman–Crippen MR) is 40.3 cm³/mol. The van der Waals surface area contributed by atoms with Gasteiger partial charge in [0.1, 0.15) is 0 Å². The fraction of sp³-hybridized carbons (Fsp3) is 0.500. The molecule has 0 fully saturated rings. The van der Waals surface area contributed by atoms with Crippen molar-refractivity contribution in [1.82, 2.24) is 4.90 Å². The number of guanidine groups is 1. The number of nitrogens with one attached hydrogen (secondary N) is 1. The van der Waals surface area contributed by atoms with E-state index < -0.39 is 0 Å². The van der Waals surface area contributed by atoms with Crippen molar-refractivity contribution < 1.29 is 4.79 Å². The van der Waals surface area contributed by atoms with Gasteiger partial charge in [-0.15, -0.1) is 0 Å². The normalized spacial score (nSPS) is 9.90. The van der Waals surface area contributed by atoms with Crippen LogP contribution in [0.4, 0.5) is 0 Å². The van der Waals surface area contributed by atoms with Crippen LogP contribution in [0.3, 0.4) is 0 Å². The topological polar surface area (TPSA) is 56.5 Å². The first-order valence-electron chi connectivity index (χ1n) is 2.91. The molecular formula is C6H11N3O. The first-order valence-corrected chi connectivity index (χ1v) is 2.91. The van der Waals surface area contributed by atoms with Gasteiger partial charge in [0.05, 0.1) is 0 Å². The average molecular weight is 141 g/mol. The zero-order valence-electron chi connectivity index (χ0n) is 6.38. The summed E-state index contributed by atoms with van der Waals surface area (Å²) in [5.41, 5.74) is 0. The van der Waals surface area contributed by atoms with Crippen LogP contribution < -0.4 is 0 Å². The Morgan fingerprint density at radius 2 is 2.20 bits per heavy atom. The van der Waals surface area contributed by atoms with Crippen molar-refractivity contribution in [3.05, 3.63) is 0 Å². The Kier molecular flexibility index (Phi) is 3.32. The summed E-state index contributed by atoms with van der Waals surface area (Å²) >= 11 is 0. The Hall–Kier alpha value is -1.19. The smallest absolute Gasteiger partial charge is 0.225 e. The highest BCUT2D eigenvalue weighted by Crippen LogP contribution is 1.86. The van der Waals surface area contributed by atoms with Gasteiger partial charge >= 0.3 is 0 Å². The molecule has 1 amide bonds. The van der Waals surface area contributed by atoms with Crippen LogP contribution in [0.25, 0.3) is 0 Å². The first-order chi connectivity index (χ1) is 4.59. The summed E-state index contributed by atoms with van der Waals surface area (Å²) in [5, 5.41) is 7.13. The Balaban J connectivity index is 4.08. The predicted octanol–water partition coefficient (Wildman–Crippen LogP) is 0.490. The first kappa shape index (κ1) is 8.81. The zero-order chi connectivity index (χ0) is 8.15. The van der Waals surface area contributed by atoms with Crippen molar-refractivity contribution in [1.29, 1.82) is 5.41 Å². The molecule has 0 radical (unpaired) electrons. The van der Waals surface area contributed by atoms with Gasteiger partial charge in [-0.1, -0.05) is 0 Å². The van der Waals surface area contributed by atoms with E-state index in [4.69, 9.17) is 5.41 Å². The quantitative estimate of drug-likeness (QED) is 0.387. The van der Waals surface area contributed by atoms with Crippen molar-refractivity contribution in [2.75, 3.05) is 7.05 Å². The van der Waals surface area contributed by atoms with E-state index in [0.717, 1.165) is 0 Å². The summed E-state index contributed by atoms with van der Waals surface area (Å²) in [5.74, 6) is -0.217. The third-order valence-electron chi connectivity index (χ3n) is 1.04. The van der Waals surface area contributed by atoms with Gasteiger partial charge in [-0.3, -0.25) is 15.1 Å². The van der Waals surface area contributed by atoms with E-state index in [1.54, 1.807) is 6.92 Å². The molecule has 4 nitrogen and oxygen atoms in total. The molecule has 56 valence electrons. The molecule has 0 saturated carbocycles. The van der Waals surface area contributed by atoms with Gasteiger partial charge in [-0.05, 0) is 6.92 Å². The summed E-state index contributed by atoms with van der Waals surface area (Å²) in [6, 6.07) is 0. The van der Waals surface area contributed by atoms with Crippen LogP contribution in [0.1, 0.15) is 13.8 Å². The lowest BCUT2D eigenvalue weighted by atomic mass is 10.6. The molecule has 10 heavy (non-hydrogen) atoms. The molecule has 0 aliphatic heterocycles. The largest absolute Gasteiger partial charge is 0.285 e. The maximum atomic E-state index is 10.6. The number of carbonyl (C=O) groups is 1. The Bertz CT molecular complexity index is 174. The lowest BCUT2D eigenvalue weighted by molar-refractivity contribution is -0.124. The lowest BCUT2D eigenvalue weighted by Crippen LogP contribution is -2.28. The molecule has 1 N–H and O–H groups in total. The fourth-order valence-electron chi connectivity index (χ4n) is 0.358. The monoisotopic (exact) mass is 141 g/mol. The second-order valence-corrected chi connectivity index (χ2v) is 1.79. The van der Waals surface area contributed by atoms with Crippen LogP contribution in [0.5, 0.6) is 0 Å². The highest BCUT2D eigenvalue weighted by Gasteiger charge is 2.04. The maximum absolute atomic E-state index is 10.6. The maximum Gasteiger partial charge on any atom is 0.225 e. The molecule has 0 spiro atoms. The SMILES string of the molecule is C/C=N\C(=N)N(C)C(C)=O. The average Bonchev–Trinajstić information content (AvgIpc) is 1.87. The number of hydrogen-bond donors (Lipinski definition) is 1. The Morgan fingerprint density at radius 1 is 1.70 bits per heavy atom. The Morgan fingerprint density at radius 3 is 2.50 bits per heavy atom. The minimum Gasteiger partial charge on any atom is -0.285 e. The molecule has 0 bridgehead atoms. The molecule has 0 saturated heterocycles. The van der Waals surface area contributed by atoms with Crippen molar-refractivity contribution in [2.24, 2.45) is 4.99 Å². The van der Waals surface area contributed by atoms with Crippen LogP contribution >= 0.6 is 0 Å². The zero-order valence-corrected chi connectivity index (χ0v) is 6.38. The molecule has 0 aromatic heterocycles. The van der Waals surface area contributed by atoms with E-state index in [2.05, 4.69) is 4.99 Å². The van der Waals surface area contributed by atoms with Crippen molar-refractivity contribution in [2.45, 2.75) is 13.8 Å². The van der Waals surface area contributed by atoms with E-state index in [1.807, 2.05) is 0 Å². The van der Waals surface area contributed by atoms with Crippen LogP contribution in [-0.4, -0.2) is 30.0 Å². The van der Waals surface area contributed by atoms with Crippen LogP contribution in [0, 0.1) is 5.41 Å². The summed E-state index contributed by atoms with van der Waals surface area (Å²) in [4.78, 5) is 15.3. The van der Waals surface area contributed by atoms with Crippen LogP contribution in [0.15, 0.2) is 4.99 Å². The summed E-state index contributed by atoms with van der Waals surface area (Å²) < 4.78 is 0. The van der Waals surface area contributed by atoms with Crippen molar-refractivity contribution in [3.8, 4) is 0 Å². The molecule has 4 heteroatoms. The van der Waals surface area contributed by atoms with E-state index in [1.165, 1.54) is 25.1 Å². The molecular weight excluding hydrogens is 130 g/mol. The van der Waals surface area contributed by atoms with E-state index in [9.17, 15) is 4.79 Å². The van der Waals surface area contributed by atoms with Gasteiger partial charge in [0.2, 0.25) is 11.9 Å². The summed E-state index contributed by atoms with van der Waals surface area (Å²) in [6.07, 6.45) is 1.47. The molecule has 0 rings (SSSR count). The highest BCUT2D eigenvalue weighted by atomic mass is 16.2. The molecule has 0 unspecified atom stereocenters. The minimum atomic E-state index is -0.185. The van der Waals surface area contributed by atoms with E-state index in [0.29, 0.717) is 0 Å². The molecule has 0 aromatic rings. The van der Waals surface area contributed by atoms with Gasteiger partial charge in [0, 0.05) is 20.2 Å². The number of rotatable bonds is 0. The Labute approximate surface area is 60.1 Å². The summed E-state index contributed by atoms with van der Waals surface area (Å²) in [7, 11) is 1.51. The second-order valence-electron chi connectivity index (χ2n) is 1.79. The van der Waals surface area contributed by atoms with Gasteiger partial charge < -0.3 is 0 Å². The molecule has 0 aliphatic rings. The number of nitrogens with zero attached hydrogens (tertiary/aromatic N) is 2. The van der Waals surface area contributed by atoms with Gasteiger partial charge in [0.15, 0.2) is 0 Å². The third kappa shape index (κ3) is 2.39. The summed E-state index contributed by atoms with van der Waals surface area (Å²) in [6.45, 7) is 3.09. The van der Waals surface area contributed by atoms with Crippen LogP contribution in [0.2, 0.25) is 0 Å². The second kappa shape index (κ2) is 3.76. The van der Waals surface area contributed by atoms with E-state index in [-0.39, 0.29) is 11.9 Å². The number of carbonyl (C=O) groups excluding carboxylic acids is 1.